The Morgan fingerprint density at radius 3 is 2.59 bits per heavy atom. The number of aromatic hydroxyl groups is 1. The van der Waals surface area contributed by atoms with Crippen LogP contribution in [0.25, 0.3) is 11.1 Å². The number of hydrogen-bond donors (Lipinski definition) is 3. The van der Waals surface area contributed by atoms with E-state index in [1.165, 1.54) is 24.4 Å². The van der Waals surface area contributed by atoms with E-state index in [2.05, 4.69) is 10.2 Å². The number of nitrogen functional groups attached to an aromatic ring is 1. The fourth-order valence-corrected chi connectivity index (χ4v) is 2.12. The van der Waals surface area contributed by atoms with E-state index in [0.717, 1.165) is 6.26 Å². The lowest BCUT2D eigenvalue weighted by atomic mass is 10.1. The largest absolute Gasteiger partial charge is 0.507 e. The van der Waals surface area contributed by atoms with Gasteiger partial charge in [-0.15, -0.1) is 0 Å². The van der Waals surface area contributed by atoms with E-state index >= 15 is 0 Å². The molecule has 0 bridgehead atoms. The van der Waals surface area contributed by atoms with Gasteiger partial charge in [-0.05, 0) is 18.2 Å². The molecule has 0 saturated carbocycles. The first-order chi connectivity index (χ1) is 7.89. The molecule has 1 heterocycles. The Labute approximate surface area is 98.0 Å². The summed E-state index contributed by atoms with van der Waals surface area (Å²) in [6, 6.07) is 4.02. The Hall–Kier alpha value is -2.02. The van der Waals surface area contributed by atoms with Gasteiger partial charge in [-0.3, -0.25) is 5.10 Å². The molecule has 0 amide bonds. The van der Waals surface area contributed by atoms with Crippen LogP contribution < -0.4 is 5.73 Å². The highest BCUT2D eigenvalue weighted by Crippen LogP contribution is 2.33. The van der Waals surface area contributed by atoms with E-state index in [-0.39, 0.29) is 16.5 Å². The smallest absolute Gasteiger partial charge is 0.175 e. The number of benzene rings is 1. The molecule has 0 fully saturated rings. The number of anilines is 1. The van der Waals surface area contributed by atoms with E-state index in [1.807, 2.05) is 0 Å². The molecule has 4 N–H and O–H groups in total. The highest BCUT2D eigenvalue weighted by atomic mass is 32.2. The van der Waals surface area contributed by atoms with Gasteiger partial charge in [-0.2, -0.15) is 5.10 Å². The fourth-order valence-electron chi connectivity index (χ4n) is 1.47. The van der Waals surface area contributed by atoms with E-state index in [4.69, 9.17) is 5.73 Å². The van der Waals surface area contributed by atoms with Crippen LogP contribution in [-0.2, 0) is 9.84 Å². The number of nitrogens with one attached hydrogen (secondary N) is 1. The average molecular weight is 253 g/mol. The lowest BCUT2D eigenvalue weighted by Gasteiger charge is -2.05. The van der Waals surface area contributed by atoms with Crippen LogP contribution in [0.3, 0.4) is 0 Å². The molecule has 1 aromatic heterocycles. The number of nitrogens with two attached hydrogens (primary N) is 1. The van der Waals surface area contributed by atoms with Crippen LogP contribution in [0.1, 0.15) is 0 Å². The number of phenols is 1. The van der Waals surface area contributed by atoms with E-state index in [1.54, 1.807) is 0 Å². The number of nitrogens with zero attached hydrogens (tertiary/aromatic N) is 1. The molecule has 7 heteroatoms. The number of H-pyrrole nitrogens is 1. The van der Waals surface area contributed by atoms with Crippen LogP contribution in [0.5, 0.6) is 5.75 Å². The highest BCUT2D eigenvalue weighted by molar-refractivity contribution is 7.90. The van der Waals surface area contributed by atoms with Crippen molar-refractivity contribution >= 4 is 15.7 Å². The SMILES string of the molecule is CS(=O)(=O)c1ccc(O)c(-c2cn[nH]c2N)c1. The summed E-state index contributed by atoms with van der Waals surface area (Å²) < 4.78 is 22.8. The lowest BCUT2D eigenvalue weighted by molar-refractivity contribution is 0.477. The molecule has 0 aliphatic carbocycles. The summed E-state index contributed by atoms with van der Waals surface area (Å²) in [5.74, 6) is 0.219. The molecule has 0 aliphatic rings. The topological polar surface area (TPSA) is 109 Å². The van der Waals surface area contributed by atoms with Crippen molar-refractivity contribution in [3.63, 3.8) is 0 Å². The predicted octanol–water partition coefficient (Wildman–Crippen LogP) is 0.768. The monoisotopic (exact) mass is 253 g/mol. The zero-order valence-corrected chi connectivity index (χ0v) is 9.82. The highest BCUT2D eigenvalue weighted by Gasteiger charge is 2.14. The second kappa shape index (κ2) is 3.77. The lowest BCUT2D eigenvalue weighted by Crippen LogP contribution is -1.97. The Bertz CT molecular complexity index is 661. The quantitative estimate of drug-likeness (QED) is 0.732. The third-order valence-corrected chi connectivity index (χ3v) is 3.47. The zero-order chi connectivity index (χ0) is 12.6. The minimum absolute atomic E-state index is 0.0505. The molecule has 6 nitrogen and oxygen atoms in total. The molecular formula is C10H11N3O3S. The zero-order valence-electron chi connectivity index (χ0n) is 9.01. The van der Waals surface area contributed by atoms with Crippen LogP contribution in [0.4, 0.5) is 5.82 Å². The van der Waals surface area contributed by atoms with Gasteiger partial charge in [0.15, 0.2) is 9.84 Å². The number of hydrogen-bond acceptors (Lipinski definition) is 5. The van der Waals surface area contributed by atoms with Gasteiger partial charge in [0.25, 0.3) is 0 Å². The number of sulfone groups is 1. The molecule has 0 saturated heterocycles. The second-order valence-electron chi connectivity index (χ2n) is 3.65. The normalized spacial score (nSPS) is 11.6. The number of aromatic amines is 1. The Balaban J connectivity index is 2.67. The summed E-state index contributed by atoms with van der Waals surface area (Å²) in [4.78, 5) is 0.117. The standard InChI is InChI=1S/C10H11N3O3S/c1-17(15,16)6-2-3-9(14)7(4-6)8-5-12-13-10(8)11/h2-5,14H,1H3,(H3,11,12,13). The van der Waals surface area contributed by atoms with Crippen molar-refractivity contribution in [1.29, 1.82) is 0 Å². The Kier molecular flexibility index (Phi) is 2.55. The summed E-state index contributed by atoms with van der Waals surface area (Å²) >= 11 is 0. The van der Waals surface area contributed by atoms with Crippen molar-refractivity contribution in [2.24, 2.45) is 0 Å². The fraction of sp³-hybridized carbons (Fsp3) is 0.100. The van der Waals surface area contributed by atoms with Gasteiger partial charge in [-0.25, -0.2) is 8.42 Å². The molecule has 90 valence electrons. The maximum atomic E-state index is 11.4. The molecule has 0 aliphatic heterocycles. The van der Waals surface area contributed by atoms with Crippen molar-refractivity contribution in [2.75, 3.05) is 12.0 Å². The van der Waals surface area contributed by atoms with Crippen LogP contribution >= 0.6 is 0 Å². The predicted molar refractivity (Wildman–Crippen MR) is 63.2 cm³/mol. The first-order valence-corrected chi connectivity index (χ1v) is 6.61. The number of aromatic nitrogens is 2. The van der Waals surface area contributed by atoms with E-state index in [0.29, 0.717) is 11.1 Å². The third kappa shape index (κ3) is 2.09. The van der Waals surface area contributed by atoms with Crippen LogP contribution in [0, 0.1) is 0 Å². The molecule has 0 radical (unpaired) electrons. The average Bonchev–Trinajstić information content (AvgIpc) is 2.63. The summed E-state index contributed by atoms with van der Waals surface area (Å²) in [6.45, 7) is 0. The Morgan fingerprint density at radius 2 is 2.06 bits per heavy atom. The van der Waals surface area contributed by atoms with Crippen molar-refractivity contribution < 1.29 is 13.5 Å². The summed E-state index contributed by atoms with van der Waals surface area (Å²) in [7, 11) is -3.33. The van der Waals surface area contributed by atoms with Gasteiger partial charge in [-0.1, -0.05) is 0 Å². The molecule has 2 aromatic rings. The summed E-state index contributed by atoms with van der Waals surface area (Å²) in [5, 5.41) is 15.9. The van der Waals surface area contributed by atoms with Crippen LogP contribution in [0.15, 0.2) is 29.3 Å². The van der Waals surface area contributed by atoms with Crippen LogP contribution in [-0.4, -0.2) is 30.0 Å². The minimum Gasteiger partial charge on any atom is -0.507 e. The maximum Gasteiger partial charge on any atom is 0.175 e. The van der Waals surface area contributed by atoms with Crippen molar-refractivity contribution in [3.05, 3.63) is 24.4 Å². The number of phenolic OH excluding ortho intramolecular Hbond substituents is 1. The van der Waals surface area contributed by atoms with Crippen molar-refractivity contribution in [3.8, 4) is 16.9 Å². The molecule has 0 unspecified atom stereocenters. The first-order valence-electron chi connectivity index (χ1n) is 4.72. The Morgan fingerprint density at radius 1 is 1.35 bits per heavy atom. The minimum atomic E-state index is -3.33. The first kappa shape index (κ1) is 11.5. The van der Waals surface area contributed by atoms with Gasteiger partial charge in [0, 0.05) is 17.4 Å². The van der Waals surface area contributed by atoms with Gasteiger partial charge < -0.3 is 10.8 Å². The van der Waals surface area contributed by atoms with Crippen LogP contribution in [0.2, 0.25) is 0 Å². The maximum absolute atomic E-state index is 11.4. The summed E-state index contributed by atoms with van der Waals surface area (Å²) in [5.41, 5.74) is 6.42. The van der Waals surface area contributed by atoms with Gasteiger partial charge in [0.1, 0.15) is 11.6 Å². The van der Waals surface area contributed by atoms with Gasteiger partial charge >= 0.3 is 0 Å². The molecule has 17 heavy (non-hydrogen) atoms. The van der Waals surface area contributed by atoms with Crippen molar-refractivity contribution in [1.82, 2.24) is 10.2 Å². The molecule has 0 atom stereocenters. The van der Waals surface area contributed by atoms with E-state index in [9.17, 15) is 13.5 Å². The molecular weight excluding hydrogens is 242 g/mol. The number of rotatable bonds is 2. The van der Waals surface area contributed by atoms with Gasteiger partial charge in [0.2, 0.25) is 0 Å². The van der Waals surface area contributed by atoms with E-state index < -0.39 is 9.84 Å². The summed E-state index contributed by atoms with van der Waals surface area (Å²) in [6.07, 6.45) is 2.53. The van der Waals surface area contributed by atoms with Crippen molar-refractivity contribution in [2.45, 2.75) is 4.90 Å². The van der Waals surface area contributed by atoms with Gasteiger partial charge in [0.05, 0.1) is 11.1 Å². The molecule has 1 aromatic carbocycles. The second-order valence-corrected chi connectivity index (χ2v) is 5.66. The third-order valence-electron chi connectivity index (χ3n) is 2.36. The molecule has 0 spiro atoms. The molecule has 2 rings (SSSR count).